The summed E-state index contributed by atoms with van der Waals surface area (Å²) in [5, 5.41) is 9.51. The molecule has 0 aromatic carbocycles. The molecule has 0 amide bonds. The van der Waals surface area contributed by atoms with E-state index in [-0.39, 0.29) is 36.2 Å². The summed E-state index contributed by atoms with van der Waals surface area (Å²) < 4.78 is 16.8. The molecule has 8 heteroatoms. The summed E-state index contributed by atoms with van der Waals surface area (Å²) in [7, 11) is 5.50. The number of ether oxygens (including phenoxy) is 3. The largest absolute Gasteiger partial charge is 0.477 e. The van der Waals surface area contributed by atoms with Gasteiger partial charge in [0.25, 0.3) is 0 Å². The number of nitrogens with zero attached hydrogens (tertiary/aromatic N) is 1. The van der Waals surface area contributed by atoms with E-state index in [1.807, 2.05) is 28.1 Å². The first-order valence-electron chi connectivity index (χ1n) is 20.6. The SMILES string of the molecule is CCCCCCCCCCCCCCCCCCCCCCCCCCC(=O)OC(COCCC(C(=O)O)[N+](C)(C)C)COC(=O)CCC. The molecule has 0 fully saturated rings. The van der Waals surface area contributed by atoms with E-state index in [1.165, 1.54) is 135 Å². The number of carboxylic acids is 1. The van der Waals surface area contributed by atoms with Gasteiger partial charge in [-0.2, -0.15) is 0 Å². The van der Waals surface area contributed by atoms with Gasteiger partial charge in [0.2, 0.25) is 0 Å². The highest BCUT2D eigenvalue weighted by Crippen LogP contribution is 2.16. The Morgan fingerprint density at radius 1 is 0.531 bits per heavy atom. The van der Waals surface area contributed by atoms with Crippen LogP contribution < -0.4 is 0 Å². The van der Waals surface area contributed by atoms with Crippen molar-refractivity contribution in [1.82, 2.24) is 0 Å². The molecule has 0 spiro atoms. The van der Waals surface area contributed by atoms with Crippen molar-refractivity contribution in [3.8, 4) is 0 Å². The molecule has 0 saturated heterocycles. The lowest BCUT2D eigenvalue weighted by atomic mass is 10.0. The zero-order valence-electron chi connectivity index (χ0n) is 32.9. The molecule has 2 unspecified atom stereocenters. The molecule has 0 heterocycles. The summed E-state index contributed by atoms with van der Waals surface area (Å²) in [5.41, 5.74) is 0. The van der Waals surface area contributed by atoms with Gasteiger partial charge in [-0.15, -0.1) is 0 Å². The lowest BCUT2D eigenvalue weighted by Gasteiger charge is -2.31. The first-order chi connectivity index (χ1) is 23.6. The van der Waals surface area contributed by atoms with Crippen LogP contribution in [0, 0.1) is 0 Å². The third-order valence-corrected chi connectivity index (χ3v) is 9.48. The number of rotatable bonds is 37. The van der Waals surface area contributed by atoms with Gasteiger partial charge in [0, 0.05) is 19.3 Å². The number of aliphatic carboxylic acids is 1. The van der Waals surface area contributed by atoms with Crippen molar-refractivity contribution in [2.75, 3.05) is 41.0 Å². The second-order valence-electron chi connectivity index (χ2n) is 15.3. The molecule has 0 aromatic heterocycles. The molecule has 49 heavy (non-hydrogen) atoms. The Balaban J connectivity index is 3.81. The molecule has 0 saturated carbocycles. The average molecular weight is 699 g/mol. The maximum atomic E-state index is 12.5. The molecule has 0 aliphatic rings. The van der Waals surface area contributed by atoms with Crippen LogP contribution in [0.5, 0.6) is 0 Å². The number of carbonyl (C=O) groups excluding carboxylic acids is 2. The van der Waals surface area contributed by atoms with Crippen LogP contribution in [-0.4, -0.2) is 80.6 Å². The van der Waals surface area contributed by atoms with E-state index < -0.39 is 18.1 Å². The summed E-state index contributed by atoms with van der Waals surface area (Å²) >= 11 is 0. The number of quaternary nitrogens is 1. The van der Waals surface area contributed by atoms with E-state index in [0.717, 1.165) is 19.3 Å². The summed E-state index contributed by atoms with van der Waals surface area (Å²) in [4.78, 5) is 36.0. The summed E-state index contributed by atoms with van der Waals surface area (Å²) in [6, 6.07) is -0.605. The number of carbonyl (C=O) groups is 3. The minimum atomic E-state index is -0.877. The molecule has 0 bridgehead atoms. The topological polar surface area (TPSA) is 99.1 Å². The lowest BCUT2D eigenvalue weighted by molar-refractivity contribution is -0.887. The molecule has 8 nitrogen and oxygen atoms in total. The molecule has 0 rings (SSSR count). The Bertz CT molecular complexity index is 782. The maximum absolute atomic E-state index is 12.5. The van der Waals surface area contributed by atoms with Gasteiger partial charge >= 0.3 is 17.9 Å². The van der Waals surface area contributed by atoms with Crippen molar-refractivity contribution in [1.29, 1.82) is 0 Å². The molecule has 0 aliphatic heterocycles. The van der Waals surface area contributed by atoms with Crippen LogP contribution in [0.15, 0.2) is 0 Å². The van der Waals surface area contributed by atoms with Gasteiger partial charge in [0.15, 0.2) is 12.1 Å². The molecular formula is C41H80NO7+. The quantitative estimate of drug-likeness (QED) is 0.0392. The van der Waals surface area contributed by atoms with E-state index in [1.54, 1.807) is 0 Å². The summed E-state index contributed by atoms with van der Waals surface area (Å²) in [6.07, 6.45) is 33.1. The lowest BCUT2D eigenvalue weighted by Crippen LogP contribution is -2.50. The minimum absolute atomic E-state index is 0.0539. The van der Waals surface area contributed by atoms with Gasteiger partial charge < -0.3 is 23.8 Å². The molecular weight excluding hydrogens is 618 g/mol. The van der Waals surface area contributed by atoms with Gasteiger partial charge in [-0.3, -0.25) is 9.59 Å². The van der Waals surface area contributed by atoms with Gasteiger partial charge in [0.1, 0.15) is 6.61 Å². The number of carboxylic acid groups (broad SMARTS) is 1. The number of hydrogen-bond donors (Lipinski definition) is 1. The molecule has 2 atom stereocenters. The molecule has 1 N–H and O–H groups in total. The highest BCUT2D eigenvalue weighted by atomic mass is 16.6. The van der Waals surface area contributed by atoms with E-state index in [9.17, 15) is 19.5 Å². The Hall–Kier alpha value is -1.67. The second kappa shape index (κ2) is 33.5. The van der Waals surface area contributed by atoms with Crippen molar-refractivity contribution in [3.63, 3.8) is 0 Å². The highest BCUT2D eigenvalue weighted by molar-refractivity contribution is 5.72. The average Bonchev–Trinajstić information content (AvgIpc) is 3.04. The first-order valence-corrected chi connectivity index (χ1v) is 20.6. The third kappa shape index (κ3) is 32.0. The normalized spacial score (nSPS) is 12.9. The molecule has 290 valence electrons. The van der Waals surface area contributed by atoms with Crippen LogP contribution in [0.25, 0.3) is 0 Å². The third-order valence-electron chi connectivity index (χ3n) is 9.48. The maximum Gasteiger partial charge on any atom is 0.362 e. The minimum Gasteiger partial charge on any atom is -0.477 e. The Labute approximate surface area is 302 Å². The smallest absolute Gasteiger partial charge is 0.362 e. The van der Waals surface area contributed by atoms with Crippen molar-refractivity contribution in [3.05, 3.63) is 0 Å². The Morgan fingerprint density at radius 2 is 0.939 bits per heavy atom. The zero-order chi connectivity index (χ0) is 36.4. The van der Waals surface area contributed by atoms with Crippen molar-refractivity contribution in [2.24, 2.45) is 0 Å². The zero-order valence-corrected chi connectivity index (χ0v) is 32.9. The Morgan fingerprint density at radius 3 is 1.31 bits per heavy atom. The fourth-order valence-corrected chi connectivity index (χ4v) is 6.31. The monoisotopic (exact) mass is 699 g/mol. The van der Waals surface area contributed by atoms with Crippen LogP contribution in [0.3, 0.4) is 0 Å². The summed E-state index contributed by atoms with van der Waals surface area (Å²) in [5.74, 6) is -1.52. The number of hydrogen-bond acceptors (Lipinski definition) is 6. The van der Waals surface area contributed by atoms with Crippen LogP contribution in [-0.2, 0) is 28.6 Å². The first kappa shape index (κ1) is 47.3. The summed E-state index contributed by atoms with van der Waals surface area (Å²) in [6.45, 7) is 4.41. The Kier molecular flexibility index (Phi) is 32.3. The van der Waals surface area contributed by atoms with Crippen LogP contribution in [0.4, 0.5) is 0 Å². The standard InChI is InChI=1S/C41H79NO7/c1-6-8-9-10-11-12-13-14-15-16-17-18-19-20-21-22-23-24-25-26-27-28-29-30-32-40(44)49-37(36-48-39(43)31-7-2)35-47-34-33-38(41(45)46)42(3,4)5/h37-38H,6-36H2,1-5H3/p+1. The van der Waals surface area contributed by atoms with Crippen molar-refractivity contribution < 1.29 is 38.2 Å². The highest BCUT2D eigenvalue weighted by Gasteiger charge is 2.31. The fourth-order valence-electron chi connectivity index (χ4n) is 6.31. The van der Waals surface area contributed by atoms with E-state index in [0.29, 0.717) is 25.7 Å². The molecule has 0 aliphatic carbocycles. The van der Waals surface area contributed by atoms with Gasteiger partial charge in [-0.1, -0.05) is 162 Å². The van der Waals surface area contributed by atoms with Crippen LogP contribution in [0.2, 0.25) is 0 Å². The van der Waals surface area contributed by atoms with Gasteiger partial charge in [-0.05, 0) is 12.8 Å². The van der Waals surface area contributed by atoms with E-state index >= 15 is 0 Å². The molecule has 0 radical (unpaired) electrons. The van der Waals surface area contributed by atoms with Gasteiger partial charge in [0.05, 0.1) is 34.4 Å². The number of likely N-dealkylation sites (N-methyl/N-ethyl adjacent to an activating group) is 1. The van der Waals surface area contributed by atoms with Crippen LogP contribution in [0.1, 0.15) is 194 Å². The van der Waals surface area contributed by atoms with E-state index in [2.05, 4.69) is 6.92 Å². The predicted molar refractivity (Wildman–Crippen MR) is 202 cm³/mol. The number of esters is 2. The predicted octanol–water partition coefficient (Wildman–Crippen LogP) is 10.6. The molecule has 0 aromatic rings. The van der Waals surface area contributed by atoms with Crippen molar-refractivity contribution in [2.45, 2.75) is 206 Å². The van der Waals surface area contributed by atoms with Gasteiger partial charge in [-0.25, -0.2) is 4.79 Å². The number of unbranched alkanes of at least 4 members (excludes halogenated alkanes) is 23. The van der Waals surface area contributed by atoms with E-state index in [4.69, 9.17) is 14.2 Å². The fraction of sp³-hybridized carbons (Fsp3) is 0.927. The van der Waals surface area contributed by atoms with Crippen molar-refractivity contribution >= 4 is 17.9 Å². The second-order valence-corrected chi connectivity index (χ2v) is 15.3. The van der Waals surface area contributed by atoms with Crippen LogP contribution >= 0.6 is 0 Å².